The summed E-state index contributed by atoms with van der Waals surface area (Å²) in [6, 6.07) is 24.8. The van der Waals surface area contributed by atoms with Gasteiger partial charge in [-0.3, -0.25) is 4.68 Å². The molecule has 0 aliphatic heterocycles. The Balaban J connectivity index is 1.70. The van der Waals surface area contributed by atoms with Gasteiger partial charge in [-0.25, -0.2) is 17.9 Å². The Labute approximate surface area is 243 Å². The molecule has 1 N–H and O–H groups in total. The lowest BCUT2D eigenvalue weighted by Gasteiger charge is -2.21. The summed E-state index contributed by atoms with van der Waals surface area (Å²) in [4.78, 5) is 13.5. The first-order valence-corrected chi connectivity index (χ1v) is 15.5. The highest BCUT2D eigenvalue weighted by molar-refractivity contribution is 7.89. The van der Waals surface area contributed by atoms with Crippen molar-refractivity contribution < 1.29 is 17.9 Å². The van der Waals surface area contributed by atoms with E-state index in [1.165, 1.54) is 0 Å². The molecule has 0 aliphatic rings. The Bertz CT molecular complexity index is 1590. The zero-order valence-corrected chi connectivity index (χ0v) is 25.3. The summed E-state index contributed by atoms with van der Waals surface area (Å²) in [5, 5.41) is 4.87. The Morgan fingerprint density at radius 1 is 0.878 bits per heavy atom. The van der Waals surface area contributed by atoms with E-state index in [4.69, 9.17) is 9.84 Å². The first-order chi connectivity index (χ1) is 19.5. The number of sulfonamides is 1. The van der Waals surface area contributed by atoms with E-state index in [2.05, 4.69) is 11.6 Å². The Hall–Kier alpha value is -3.75. The second-order valence-electron chi connectivity index (χ2n) is 11.1. The SMILES string of the molecule is CCCn1nc(Cc2ccccc2)c(C(=O)OCC)c1Cc1ccc(-c2ccccc2S(=O)(=O)NC(C)(C)C)cc1. The maximum absolute atomic E-state index is 13.2. The number of aryl methyl sites for hydroxylation is 1. The fraction of sp³-hybridized carbons (Fsp3) is 0.333. The molecule has 1 aromatic heterocycles. The van der Waals surface area contributed by atoms with Gasteiger partial charge >= 0.3 is 5.97 Å². The van der Waals surface area contributed by atoms with Crippen molar-refractivity contribution in [1.29, 1.82) is 0 Å². The van der Waals surface area contributed by atoms with Gasteiger partial charge in [0.1, 0.15) is 5.56 Å². The van der Waals surface area contributed by atoms with Crippen LogP contribution in [0, 0.1) is 0 Å². The molecule has 4 rings (SSSR count). The highest BCUT2D eigenvalue weighted by Crippen LogP contribution is 2.29. The van der Waals surface area contributed by atoms with Gasteiger partial charge in [0.2, 0.25) is 10.0 Å². The molecule has 0 unspecified atom stereocenters. The molecule has 7 nitrogen and oxygen atoms in total. The van der Waals surface area contributed by atoms with Crippen molar-refractivity contribution in [3.63, 3.8) is 0 Å². The first kappa shape index (κ1) is 30.2. The highest BCUT2D eigenvalue weighted by atomic mass is 32.2. The summed E-state index contributed by atoms with van der Waals surface area (Å²) < 4.78 is 36.5. The summed E-state index contributed by atoms with van der Waals surface area (Å²) in [5.74, 6) is -0.363. The van der Waals surface area contributed by atoms with Gasteiger partial charge in [0.25, 0.3) is 0 Å². The number of aromatic nitrogens is 2. The molecule has 0 radical (unpaired) electrons. The van der Waals surface area contributed by atoms with Gasteiger partial charge in [-0.15, -0.1) is 0 Å². The van der Waals surface area contributed by atoms with Crippen molar-refractivity contribution in [2.75, 3.05) is 6.61 Å². The number of benzene rings is 3. The number of ether oxygens (including phenoxy) is 1. The largest absolute Gasteiger partial charge is 0.462 e. The lowest BCUT2D eigenvalue weighted by atomic mass is 9.99. The molecule has 0 atom stereocenters. The molecular formula is C33H39N3O4S. The molecule has 0 aliphatic carbocycles. The molecule has 216 valence electrons. The molecule has 3 aromatic carbocycles. The molecule has 41 heavy (non-hydrogen) atoms. The molecule has 0 amide bonds. The Kier molecular flexibility index (Phi) is 9.46. The van der Waals surface area contributed by atoms with Gasteiger partial charge in [-0.2, -0.15) is 5.10 Å². The molecule has 0 bridgehead atoms. The topological polar surface area (TPSA) is 90.3 Å². The van der Waals surface area contributed by atoms with Crippen LogP contribution in [-0.4, -0.2) is 36.3 Å². The number of esters is 1. The second-order valence-corrected chi connectivity index (χ2v) is 12.8. The minimum absolute atomic E-state index is 0.235. The van der Waals surface area contributed by atoms with Crippen molar-refractivity contribution in [2.45, 2.75) is 70.9 Å². The van der Waals surface area contributed by atoms with Crippen LogP contribution in [0.25, 0.3) is 11.1 Å². The number of carbonyl (C=O) groups excluding carboxylic acids is 1. The molecule has 4 aromatic rings. The van der Waals surface area contributed by atoms with Gasteiger partial charge in [0.15, 0.2) is 0 Å². The average Bonchev–Trinajstić information content (AvgIpc) is 3.24. The molecule has 0 saturated heterocycles. The molecule has 1 heterocycles. The molecule has 8 heteroatoms. The number of rotatable bonds is 11. The van der Waals surface area contributed by atoms with Gasteiger partial charge in [0.05, 0.1) is 22.9 Å². The maximum atomic E-state index is 13.2. The number of nitrogens with one attached hydrogen (secondary N) is 1. The number of hydrogen-bond acceptors (Lipinski definition) is 5. The van der Waals surface area contributed by atoms with Crippen LogP contribution >= 0.6 is 0 Å². The van der Waals surface area contributed by atoms with E-state index in [1.54, 1.807) is 19.1 Å². The molecule has 0 spiro atoms. The van der Waals surface area contributed by atoms with Crippen LogP contribution in [0.15, 0.2) is 83.8 Å². The third kappa shape index (κ3) is 7.51. The predicted molar refractivity (Wildman–Crippen MR) is 162 cm³/mol. The zero-order valence-electron chi connectivity index (χ0n) is 24.5. The highest BCUT2D eigenvalue weighted by Gasteiger charge is 2.26. The van der Waals surface area contributed by atoms with Crippen molar-refractivity contribution in [2.24, 2.45) is 0 Å². The summed E-state index contributed by atoms with van der Waals surface area (Å²) in [5.41, 5.74) is 4.93. The van der Waals surface area contributed by atoms with Crippen LogP contribution in [0.2, 0.25) is 0 Å². The van der Waals surface area contributed by atoms with Crippen molar-refractivity contribution >= 4 is 16.0 Å². The summed E-state index contributed by atoms with van der Waals surface area (Å²) in [6.45, 7) is 10.3. The van der Waals surface area contributed by atoms with E-state index in [0.717, 1.165) is 28.8 Å². The van der Waals surface area contributed by atoms with Crippen LogP contribution in [0.1, 0.15) is 73.9 Å². The third-order valence-electron chi connectivity index (χ3n) is 6.51. The summed E-state index contributed by atoms with van der Waals surface area (Å²) in [6.07, 6.45) is 1.89. The van der Waals surface area contributed by atoms with E-state index < -0.39 is 15.6 Å². The molecule has 0 saturated carbocycles. The normalized spacial score (nSPS) is 11.9. The van der Waals surface area contributed by atoms with Crippen molar-refractivity contribution in [3.05, 3.63) is 107 Å². The third-order valence-corrected chi connectivity index (χ3v) is 8.33. The van der Waals surface area contributed by atoms with Crippen LogP contribution in [0.3, 0.4) is 0 Å². The van der Waals surface area contributed by atoms with Crippen LogP contribution in [0.4, 0.5) is 0 Å². The fourth-order valence-corrected chi connectivity index (χ4v) is 6.52. The van der Waals surface area contributed by atoms with Crippen LogP contribution in [-0.2, 0) is 34.1 Å². The zero-order chi connectivity index (χ0) is 29.6. The fourth-order valence-electron chi connectivity index (χ4n) is 4.87. The average molecular weight is 574 g/mol. The van der Waals surface area contributed by atoms with Gasteiger partial charge in [-0.1, -0.05) is 79.7 Å². The maximum Gasteiger partial charge on any atom is 0.341 e. The van der Waals surface area contributed by atoms with Gasteiger partial charge in [0, 0.05) is 30.5 Å². The second kappa shape index (κ2) is 12.8. The molecular weight excluding hydrogens is 534 g/mol. The van der Waals surface area contributed by atoms with Gasteiger partial charge < -0.3 is 4.74 Å². The van der Waals surface area contributed by atoms with Crippen LogP contribution < -0.4 is 4.72 Å². The van der Waals surface area contributed by atoms with Crippen molar-refractivity contribution in [1.82, 2.24) is 14.5 Å². The lowest BCUT2D eigenvalue weighted by molar-refractivity contribution is 0.0524. The van der Waals surface area contributed by atoms with E-state index in [1.807, 2.05) is 92.2 Å². The molecule has 0 fully saturated rings. The standard InChI is InChI=1S/C33H39N3O4S/c1-6-21-36-29(31(32(37)40-7-2)28(34-36)22-24-13-9-8-10-14-24)23-25-17-19-26(20-18-25)27-15-11-12-16-30(27)41(38,39)35-33(3,4)5/h8-20,35H,6-7,21-23H2,1-5H3. The number of carbonyl (C=O) groups is 1. The Morgan fingerprint density at radius 3 is 2.15 bits per heavy atom. The minimum atomic E-state index is -3.72. The lowest BCUT2D eigenvalue weighted by Crippen LogP contribution is -2.40. The van der Waals surface area contributed by atoms with E-state index in [9.17, 15) is 13.2 Å². The Morgan fingerprint density at radius 2 is 1.51 bits per heavy atom. The number of nitrogens with zero attached hydrogens (tertiary/aromatic N) is 2. The van der Waals surface area contributed by atoms with Gasteiger partial charge in [-0.05, 0) is 56.9 Å². The monoisotopic (exact) mass is 573 g/mol. The van der Waals surface area contributed by atoms with E-state index >= 15 is 0 Å². The quantitative estimate of drug-likeness (QED) is 0.210. The summed E-state index contributed by atoms with van der Waals surface area (Å²) >= 11 is 0. The van der Waals surface area contributed by atoms with Crippen LogP contribution in [0.5, 0.6) is 0 Å². The smallest absolute Gasteiger partial charge is 0.341 e. The van der Waals surface area contributed by atoms with E-state index in [-0.39, 0.29) is 17.5 Å². The number of hydrogen-bond donors (Lipinski definition) is 1. The first-order valence-electron chi connectivity index (χ1n) is 14.0. The van der Waals surface area contributed by atoms with Crippen molar-refractivity contribution in [3.8, 4) is 11.1 Å². The van der Waals surface area contributed by atoms with E-state index in [0.29, 0.717) is 36.2 Å². The minimum Gasteiger partial charge on any atom is -0.462 e. The summed E-state index contributed by atoms with van der Waals surface area (Å²) in [7, 11) is -3.72. The predicted octanol–water partition coefficient (Wildman–Crippen LogP) is 6.40.